The van der Waals surface area contributed by atoms with Crippen LogP contribution in [0.1, 0.15) is 11.4 Å². The maximum atomic E-state index is 10.3. The summed E-state index contributed by atoms with van der Waals surface area (Å²) in [4.78, 5) is 7.38. The third kappa shape index (κ3) is 3.37. The maximum absolute atomic E-state index is 10.3. The predicted octanol–water partition coefficient (Wildman–Crippen LogP) is 4.09. The van der Waals surface area contributed by atoms with Crippen molar-refractivity contribution in [2.45, 2.75) is 0 Å². The van der Waals surface area contributed by atoms with Crippen molar-refractivity contribution in [3.8, 4) is 17.6 Å². The van der Waals surface area contributed by atoms with E-state index in [4.69, 9.17) is 9.47 Å². The normalized spacial score (nSPS) is 12.0. The first kappa shape index (κ1) is 17.1. The SMILES string of the molecule is COc1ccc(/C=C/C(O)=C(\C#N)c2nc3ccccc3[nH]2)cc1OC. The summed E-state index contributed by atoms with van der Waals surface area (Å²) in [7, 11) is 3.12. The molecule has 0 saturated heterocycles. The molecule has 130 valence electrons. The fourth-order valence-corrected chi connectivity index (χ4v) is 2.52. The number of allylic oxidation sites excluding steroid dienone is 2. The standard InChI is InChI=1S/C20H17N3O3/c1-25-18-10-8-13(11-19(18)26-2)7-9-17(24)14(12-21)20-22-15-5-3-4-6-16(15)23-20/h3-11,24H,1-2H3,(H,22,23)/b9-7+,17-14-. The van der Waals surface area contributed by atoms with Crippen LogP contribution >= 0.6 is 0 Å². The van der Waals surface area contributed by atoms with Crippen molar-refractivity contribution in [1.82, 2.24) is 9.97 Å². The molecule has 0 spiro atoms. The number of aromatic amines is 1. The number of imidazole rings is 1. The predicted molar refractivity (Wildman–Crippen MR) is 99.8 cm³/mol. The Hall–Kier alpha value is -3.72. The number of fused-ring (bicyclic) bond motifs is 1. The molecule has 6 nitrogen and oxygen atoms in total. The van der Waals surface area contributed by atoms with Crippen LogP contribution < -0.4 is 9.47 Å². The molecule has 26 heavy (non-hydrogen) atoms. The molecule has 0 radical (unpaired) electrons. The van der Waals surface area contributed by atoms with Gasteiger partial charge in [0.05, 0.1) is 25.3 Å². The Morgan fingerprint density at radius 1 is 1.15 bits per heavy atom. The molecular formula is C20H17N3O3. The van der Waals surface area contributed by atoms with Crippen molar-refractivity contribution in [2.75, 3.05) is 14.2 Å². The summed E-state index contributed by atoms with van der Waals surface area (Å²) in [5.41, 5.74) is 2.38. The van der Waals surface area contributed by atoms with Gasteiger partial charge in [-0.2, -0.15) is 5.26 Å². The second kappa shape index (κ2) is 7.45. The zero-order chi connectivity index (χ0) is 18.5. The third-order valence-corrected chi connectivity index (χ3v) is 3.84. The van der Waals surface area contributed by atoms with Crippen LogP contribution in [0, 0.1) is 11.3 Å². The number of aromatic nitrogens is 2. The summed E-state index contributed by atoms with van der Waals surface area (Å²) in [5, 5.41) is 19.8. The van der Waals surface area contributed by atoms with Crippen LogP contribution in [0.2, 0.25) is 0 Å². The number of aliphatic hydroxyl groups is 1. The first-order chi connectivity index (χ1) is 12.7. The molecular weight excluding hydrogens is 330 g/mol. The number of rotatable bonds is 5. The number of methoxy groups -OCH3 is 2. The maximum Gasteiger partial charge on any atom is 0.161 e. The van der Waals surface area contributed by atoms with Crippen molar-refractivity contribution in [2.24, 2.45) is 0 Å². The average molecular weight is 347 g/mol. The summed E-state index contributed by atoms with van der Waals surface area (Å²) < 4.78 is 10.5. The Bertz CT molecular complexity index is 1010. The summed E-state index contributed by atoms with van der Waals surface area (Å²) in [5.74, 6) is 1.34. The molecule has 0 aliphatic rings. The number of nitrogens with one attached hydrogen (secondary N) is 1. The van der Waals surface area contributed by atoms with Gasteiger partial charge in [0.2, 0.25) is 0 Å². The molecule has 2 aromatic carbocycles. The number of nitriles is 1. The summed E-state index contributed by atoms with van der Waals surface area (Å²) in [6.07, 6.45) is 3.13. The molecule has 6 heteroatoms. The van der Waals surface area contributed by atoms with E-state index in [1.165, 1.54) is 6.08 Å². The van der Waals surface area contributed by atoms with Crippen LogP contribution in [0.25, 0.3) is 22.7 Å². The van der Waals surface area contributed by atoms with Crippen LogP contribution in [0.15, 0.2) is 54.3 Å². The van der Waals surface area contributed by atoms with E-state index in [2.05, 4.69) is 9.97 Å². The average Bonchev–Trinajstić information content (AvgIpc) is 3.10. The summed E-state index contributed by atoms with van der Waals surface area (Å²) >= 11 is 0. The van der Waals surface area contributed by atoms with Gasteiger partial charge in [-0.25, -0.2) is 4.98 Å². The van der Waals surface area contributed by atoms with Gasteiger partial charge in [-0.05, 0) is 35.9 Å². The van der Waals surface area contributed by atoms with Crippen LogP contribution in [0.4, 0.5) is 0 Å². The summed E-state index contributed by atoms with van der Waals surface area (Å²) in [6, 6.07) is 14.8. The van der Waals surface area contributed by atoms with E-state index in [-0.39, 0.29) is 11.3 Å². The zero-order valence-electron chi connectivity index (χ0n) is 14.4. The number of ether oxygens (including phenoxy) is 2. The molecule has 0 amide bonds. The Kier molecular flexibility index (Phi) is 4.90. The van der Waals surface area contributed by atoms with Gasteiger partial charge in [0.1, 0.15) is 17.4 Å². The first-order valence-electron chi connectivity index (χ1n) is 7.85. The van der Waals surface area contributed by atoms with Crippen LogP contribution in [0.3, 0.4) is 0 Å². The van der Waals surface area contributed by atoms with Crippen molar-refractivity contribution >= 4 is 22.7 Å². The van der Waals surface area contributed by atoms with Crippen LogP contribution in [-0.4, -0.2) is 29.3 Å². The lowest BCUT2D eigenvalue weighted by Gasteiger charge is -2.07. The van der Waals surface area contributed by atoms with Gasteiger partial charge in [0.15, 0.2) is 17.3 Å². The highest BCUT2D eigenvalue weighted by molar-refractivity contribution is 5.83. The number of nitrogens with zero attached hydrogens (tertiary/aromatic N) is 2. The lowest BCUT2D eigenvalue weighted by atomic mass is 10.1. The molecule has 2 N–H and O–H groups in total. The Labute approximate surface area is 150 Å². The molecule has 1 aromatic heterocycles. The third-order valence-electron chi connectivity index (χ3n) is 3.84. The number of hydrogen-bond donors (Lipinski definition) is 2. The molecule has 1 heterocycles. The van der Waals surface area contributed by atoms with Gasteiger partial charge in [0, 0.05) is 0 Å². The largest absolute Gasteiger partial charge is 0.506 e. The zero-order valence-corrected chi connectivity index (χ0v) is 14.4. The van der Waals surface area contributed by atoms with E-state index in [1.54, 1.807) is 32.4 Å². The minimum absolute atomic E-state index is 0.0675. The van der Waals surface area contributed by atoms with Crippen molar-refractivity contribution < 1.29 is 14.6 Å². The minimum atomic E-state index is -0.179. The van der Waals surface area contributed by atoms with E-state index in [0.29, 0.717) is 17.3 Å². The molecule has 0 atom stereocenters. The number of para-hydroxylation sites is 2. The molecule has 3 aromatic rings. The lowest BCUT2D eigenvalue weighted by Crippen LogP contribution is -1.91. The van der Waals surface area contributed by atoms with E-state index in [1.807, 2.05) is 36.4 Å². The fourth-order valence-electron chi connectivity index (χ4n) is 2.52. The molecule has 0 fully saturated rings. The van der Waals surface area contributed by atoms with Crippen molar-refractivity contribution in [1.29, 1.82) is 5.26 Å². The topological polar surface area (TPSA) is 91.2 Å². The van der Waals surface area contributed by atoms with Crippen molar-refractivity contribution in [3.63, 3.8) is 0 Å². The highest BCUT2D eigenvalue weighted by atomic mass is 16.5. The highest BCUT2D eigenvalue weighted by Crippen LogP contribution is 2.28. The van der Waals surface area contributed by atoms with Gasteiger partial charge in [-0.15, -0.1) is 0 Å². The number of H-pyrrole nitrogens is 1. The molecule has 0 saturated carbocycles. The van der Waals surface area contributed by atoms with Gasteiger partial charge < -0.3 is 19.6 Å². The number of benzene rings is 2. The molecule has 0 aliphatic carbocycles. The fraction of sp³-hybridized carbons (Fsp3) is 0.100. The van der Waals surface area contributed by atoms with E-state index in [0.717, 1.165) is 16.6 Å². The Morgan fingerprint density at radius 2 is 1.92 bits per heavy atom. The second-order valence-electron chi connectivity index (χ2n) is 5.42. The molecule has 0 unspecified atom stereocenters. The highest BCUT2D eigenvalue weighted by Gasteiger charge is 2.11. The van der Waals surface area contributed by atoms with Crippen LogP contribution in [0.5, 0.6) is 11.5 Å². The van der Waals surface area contributed by atoms with Gasteiger partial charge >= 0.3 is 0 Å². The molecule has 3 rings (SSSR count). The van der Waals surface area contributed by atoms with E-state index in [9.17, 15) is 10.4 Å². The monoisotopic (exact) mass is 347 g/mol. The van der Waals surface area contributed by atoms with Gasteiger partial charge in [0.25, 0.3) is 0 Å². The molecule has 0 aliphatic heterocycles. The smallest absolute Gasteiger partial charge is 0.161 e. The number of aliphatic hydroxyl groups excluding tert-OH is 1. The minimum Gasteiger partial charge on any atom is -0.506 e. The summed E-state index contributed by atoms with van der Waals surface area (Å²) in [6.45, 7) is 0. The second-order valence-corrected chi connectivity index (χ2v) is 5.42. The van der Waals surface area contributed by atoms with Gasteiger partial charge in [-0.1, -0.05) is 24.3 Å². The van der Waals surface area contributed by atoms with Crippen LogP contribution in [-0.2, 0) is 0 Å². The quantitative estimate of drug-likeness (QED) is 0.412. The van der Waals surface area contributed by atoms with Gasteiger partial charge in [-0.3, -0.25) is 0 Å². The van der Waals surface area contributed by atoms with Crippen molar-refractivity contribution in [3.05, 3.63) is 65.7 Å². The molecule has 0 bridgehead atoms. The Balaban J connectivity index is 1.94. The van der Waals surface area contributed by atoms with E-state index < -0.39 is 0 Å². The lowest BCUT2D eigenvalue weighted by molar-refractivity contribution is 0.355. The Morgan fingerprint density at radius 3 is 2.62 bits per heavy atom. The van der Waals surface area contributed by atoms with E-state index >= 15 is 0 Å². The first-order valence-corrected chi connectivity index (χ1v) is 7.85. The number of hydrogen-bond acceptors (Lipinski definition) is 5.